The van der Waals surface area contributed by atoms with E-state index in [-0.39, 0.29) is 67.9 Å². The molecule has 0 unspecified atom stereocenters. The summed E-state index contributed by atoms with van der Waals surface area (Å²) in [5.74, 6) is -2.29. The van der Waals surface area contributed by atoms with Crippen LogP contribution in [-0.2, 0) is 13.1 Å². The molecule has 21 nitrogen and oxygen atoms in total. The second kappa shape index (κ2) is 20.0. The van der Waals surface area contributed by atoms with E-state index in [2.05, 4.69) is 41.0 Å². The fourth-order valence-electron chi connectivity index (χ4n) is 10.6. The van der Waals surface area contributed by atoms with E-state index in [1.807, 2.05) is 52.5 Å². The number of nitrogens with one attached hydrogen (secondary N) is 3. The Balaban J connectivity index is 0.826. The summed E-state index contributed by atoms with van der Waals surface area (Å²) in [7, 11) is 0. The second-order valence-electron chi connectivity index (χ2n) is 20.5. The number of aryl methyl sites for hydroxylation is 4. The number of fused-ring (bicyclic) bond motifs is 3. The smallest absolute Gasteiger partial charge is 0.308 e. The molecular formula is C54H54F4N18O3+2. The molecule has 0 aliphatic carbocycles. The standard InChI is InChI=1S/C54H52F4N18O3/c1-31-17-32(2)60-42(18-31)63-52(78)40-28-73(50-10-8-48(68-76(40)50)71-16-13-54(57,58)30-71)25-36-20-34(4)62-44(22-36)65-53(79)41-29-72(49-9-7-47(67-75(41)49)70-15-12-38(56)27-70)24-35-19-33(3)61-43(21-35)64-51(77)39-23-59-45-5-6-46(66-74(39)45)69-14-11-37(55)26-69/h5-10,17-23,28-29,37-38H,11-16,24-27,30H2,1-4H3,(H-2,60,61,62,63,64,65,77,78,79)/p+2/t37-,38+/m0/s1. The van der Waals surface area contributed by atoms with E-state index >= 15 is 0 Å². The normalized spacial score (nSPS) is 17.2. The number of pyridine rings is 3. The summed E-state index contributed by atoms with van der Waals surface area (Å²) >= 11 is 0. The van der Waals surface area contributed by atoms with Gasteiger partial charge >= 0.3 is 23.1 Å². The summed E-state index contributed by atoms with van der Waals surface area (Å²) in [6.45, 7) is 8.65. The van der Waals surface area contributed by atoms with Gasteiger partial charge in [0.1, 0.15) is 61.1 Å². The Morgan fingerprint density at radius 3 is 1.53 bits per heavy atom. The number of imidazole rings is 3. The summed E-state index contributed by atoms with van der Waals surface area (Å²) < 4.78 is 65.3. The van der Waals surface area contributed by atoms with Crippen molar-refractivity contribution in [2.45, 2.75) is 78.3 Å². The van der Waals surface area contributed by atoms with Crippen molar-refractivity contribution in [3.8, 4) is 0 Å². The number of halogens is 4. The third-order valence-electron chi connectivity index (χ3n) is 14.2. The van der Waals surface area contributed by atoms with Crippen molar-refractivity contribution in [3.05, 3.63) is 142 Å². The van der Waals surface area contributed by atoms with Crippen LogP contribution in [0.25, 0.3) is 16.9 Å². The van der Waals surface area contributed by atoms with E-state index in [4.69, 9.17) is 10.2 Å². The van der Waals surface area contributed by atoms with Gasteiger partial charge in [-0.3, -0.25) is 14.4 Å². The number of carbonyl (C=O) groups excluding carboxylic acids is 3. The number of hydrogen-bond acceptors (Lipinski definition) is 13. The molecule has 0 spiro atoms. The van der Waals surface area contributed by atoms with E-state index in [0.717, 1.165) is 11.1 Å². The fraction of sp³-hybridized carbons (Fsp3) is 0.333. The fourth-order valence-corrected chi connectivity index (χ4v) is 10.6. The van der Waals surface area contributed by atoms with Crippen molar-refractivity contribution in [3.63, 3.8) is 0 Å². The molecule has 0 aromatic carbocycles. The molecule has 3 fully saturated rings. The Morgan fingerprint density at radius 2 is 1.05 bits per heavy atom. The zero-order chi connectivity index (χ0) is 54.9. The molecule has 404 valence electrons. The SMILES string of the molecule is Cc1cc(C)nc(NC(=O)c2c[n+](Cc3cc(C)nc(NC(=O)c4c[n+](Cc5cc(C)nc(NC(=O)c6cnc7ccc(N8CC[C@H](F)C8)nn67)c5)c5ccc(N6CC[C@@H](F)C6)nn45)c3)c3ccc(N4CCC(F)(F)C4)nn23)c1. The van der Waals surface area contributed by atoms with E-state index in [9.17, 15) is 31.9 Å². The summed E-state index contributed by atoms with van der Waals surface area (Å²) in [4.78, 5) is 65.7. The van der Waals surface area contributed by atoms with Gasteiger partial charge in [0, 0.05) is 55.3 Å². The summed E-state index contributed by atoms with van der Waals surface area (Å²) in [6.07, 6.45) is 3.19. The molecule has 9 aromatic rings. The molecule has 12 heterocycles. The van der Waals surface area contributed by atoms with E-state index in [0.29, 0.717) is 88.8 Å². The van der Waals surface area contributed by atoms with Crippen molar-refractivity contribution in [1.82, 2.24) is 48.8 Å². The van der Waals surface area contributed by atoms with Crippen LogP contribution in [0.1, 0.15) is 84.5 Å². The molecule has 25 heteroatoms. The maximum atomic E-state index is 14.6. The molecule has 3 aliphatic rings. The first-order chi connectivity index (χ1) is 37.9. The van der Waals surface area contributed by atoms with Crippen LogP contribution < -0.4 is 39.8 Å². The van der Waals surface area contributed by atoms with E-state index in [1.165, 1.54) is 24.6 Å². The average molecular weight is 1080 g/mol. The number of anilines is 6. The Labute approximate surface area is 448 Å². The Bertz CT molecular complexity index is 3900. The predicted molar refractivity (Wildman–Crippen MR) is 283 cm³/mol. The third kappa shape index (κ3) is 10.4. The van der Waals surface area contributed by atoms with Crippen LogP contribution in [0, 0.1) is 27.7 Å². The summed E-state index contributed by atoms with van der Waals surface area (Å²) in [5, 5.41) is 22.9. The lowest BCUT2D eigenvalue weighted by Gasteiger charge is -2.16. The minimum Gasteiger partial charge on any atom is -0.352 e. The summed E-state index contributed by atoms with van der Waals surface area (Å²) in [6, 6.07) is 21.3. The molecule has 3 saturated heterocycles. The van der Waals surface area contributed by atoms with Crippen molar-refractivity contribution in [2.75, 3.05) is 69.9 Å². The number of amides is 3. The number of aromatic nitrogens is 12. The lowest BCUT2D eigenvalue weighted by molar-refractivity contribution is -0.662. The first kappa shape index (κ1) is 50.6. The highest BCUT2D eigenvalue weighted by Crippen LogP contribution is 2.30. The van der Waals surface area contributed by atoms with Crippen LogP contribution in [0.5, 0.6) is 0 Å². The largest absolute Gasteiger partial charge is 0.352 e. The Kier molecular flexibility index (Phi) is 12.8. The second-order valence-corrected chi connectivity index (χ2v) is 20.5. The van der Waals surface area contributed by atoms with Gasteiger partial charge in [-0.05, 0) is 118 Å². The third-order valence-corrected chi connectivity index (χ3v) is 14.2. The van der Waals surface area contributed by atoms with Crippen LogP contribution in [-0.4, -0.2) is 124 Å². The molecule has 2 atom stereocenters. The Hall–Kier alpha value is -9.16. The van der Waals surface area contributed by atoms with Gasteiger partial charge < -0.3 is 30.7 Å². The molecule has 79 heavy (non-hydrogen) atoms. The van der Waals surface area contributed by atoms with Crippen molar-refractivity contribution in [1.29, 1.82) is 0 Å². The molecule has 3 N–H and O–H groups in total. The van der Waals surface area contributed by atoms with Gasteiger partial charge in [-0.25, -0.2) is 51.1 Å². The Morgan fingerprint density at radius 1 is 0.582 bits per heavy atom. The number of hydrogen-bond donors (Lipinski definition) is 3. The number of alkyl halides is 4. The molecule has 3 amide bonds. The van der Waals surface area contributed by atoms with Crippen LogP contribution in [0.4, 0.5) is 52.5 Å². The number of carbonyl (C=O) groups is 3. The van der Waals surface area contributed by atoms with Gasteiger partial charge in [0.05, 0.1) is 25.8 Å². The highest BCUT2D eigenvalue weighted by molar-refractivity contribution is 6.04. The van der Waals surface area contributed by atoms with Gasteiger partial charge in [0.2, 0.25) is 0 Å². The zero-order valence-electron chi connectivity index (χ0n) is 43.5. The van der Waals surface area contributed by atoms with Crippen LogP contribution in [0.2, 0.25) is 0 Å². The highest BCUT2D eigenvalue weighted by Gasteiger charge is 2.40. The van der Waals surface area contributed by atoms with Gasteiger partial charge in [0.25, 0.3) is 23.2 Å². The number of nitrogens with zero attached hydrogens (tertiary/aromatic N) is 15. The first-order valence-electron chi connectivity index (χ1n) is 25.9. The van der Waals surface area contributed by atoms with Crippen LogP contribution in [0.15, 0.2) is 91.4 Å². The first-order valence-corrected chi connectivity index (χ1v) is 25.9. The van der Waals surface area contributed by atoms with Crippen LogP contribution >= 0.6 is 0 Å². The number of rotatable bonds is 13. The van der Waals surface area contributed by atoms with Gasteiger partial charge in [-0.2, -0.15) is 0 Å². The minimum absolute atomic E-state index is 0.101. The topological polar surface area (TPSA) is 208 Å². The highest BCUT2D eigenvalue weighted by atomic mass is 19.3. The van der Waals surface area contributed by atoms with E-state index < -0.39 is 42.5 Å². The lowest BCUT2D eigenvalue weighted by atomic mass is 10.2. The predicted octanol–water partition coefficient (Wildman–Crippen LogP) is 5.81. The molecule has 0 saturated carbocycles. The lowest BCUT2D eigenvalue weighted by Crippen LogP contribution is -2.33. The maximum Gasteiger partial charge on any atom is 0.308 e. The molecule has 3 aliphatic heterocycles. The molecule has 12 rings (SSSR count). The quantitative estimate of drug-likeness (QED) is 0.0921. The zero-order valence-corrected chi connectivity index (χ0v) is 43.5. The molecule has 9 aromatic heterocycles. The minimum atomic E-state index is -2.87. The van der Waals surface area contributed by atoms with Crippen molar-refractivity contribution < 1.29 is 41.1 Å². The van der Waals surface area contributed by atoms with Crippen molar-refractivity contribution >= 4 is 69.6 Å². The molecular weight excluding hydrogens is 1020 g/mol. The van der Waals surface area contributed by atoms with Crippen LogP contribution in [0.3, 0.4) is 0 Å². The van der Waals surface area contributed by atoms with E-state index in [1.54, 1.807) is 79.3 Å². The van der Waals surface area contributed by atoms with Gasteiger partial charge in [0.15, 0.2) is 23.0 Å². The maximum absolute atomic E-state index is 14.6. The average Bonchev–Trinajstić information content (AvgIpc) is 4.48. The molecule has 0 radical (unpaired) electrons. The summed E-state index contributed by atoms with van der Waals surface area (Å²) in [5.41, 5.74) is 6.15. The van der Waals surface area contributed by atoms with Gasteiger partial charge in [-0.15, -0.1) is 5.10 Å². The van der Waals surface area contributed by atoms with Gasteiger partial charge in [-0.1, -0.05) is 19.2 Å². The monoisotopic (exact) mass is 1080 g/mol. The van der Waals surface area contributed by atoms with Crippen molar-refractivity contribution in [2.24, 2.45) is 0 Å². The molecule has 0 bridgehead atoms.